The summed E-state index contributed by atoms with van der Waals surface area (Å²) in [4.78, 5) is 6.06. The normalized spacial score (nSPS) is 19.2. The number of likely N-dealkylation sites (N-methyl/N-ethyl adjacent to an activating group) is 1. The van der Waals surface area contributed by atoms with Crippen molar-refractivity contribution in [3.63, 3.8) is 0 Å². The largest absolute Gasteiger partial charge is 0.358 e. The van der Waals surface area contributed by atoms with Crippen LogP contribution in [-0.2, 0) is 12.8 Å². The van der Waals surface area contributed by atoms with E-state index in [1.54, 1.807) is 11.3 Å². The van der Waals surface area contributed by atoms with Gasteiger partial charge in [0.1, 0.15) is 0 Å². The molecular formula is C12H19N3S. The van der Waals surface area contributed by atoms with E-state index in [2.05, 4.69) is 29.1 Å². The van der Waals surface area contributed by atoms with Gasteiger partial charge in [0.15, 0.2) is 5.13 Å². The molecule has 1 aromatic heterocycles. The Morgan fingerprint density at radius 2 is 2.50 bits per heavy atom. The van der Waals surface area contributed by atoms with E-state index in [-0.39, 0.29) is 0 Å². The smallest absolute Gasteiger partial charge is 0.183 e. The maximum Gasteiger partial charge on any atom is 0.183 e. The third-order valence-electron chi connectivity index (χ3n) is 2.83. The van der Waals surface area contributed by atoms with Crippen LogP contribution in [0.5, 0.6) is 0 Å². The van der Waals surface area contributed by atoms with Crippen LogP contribution < -0.4 is 10.6 Å². The first kappa shape index (κ1) is 11.6. The van der Waals surface area contributed by atoms with E-state index in [0.29, 0.717) is 6.04 Å². The lowest BCUT2D eigenvalue weighted by molar-refractivity contribution is 0.471. The molecule has 2 rings (SSSR count). The summed E-state index contributed by atoms with van der Waals surface area (Å²) in [6.45, 7) is 7.71. The monoisotopic (exact) mass is 237 g/mol. The molecule has 0 bridgehead atoms. The number of hydrogen-bond acceptors (Lipinski definition) is 4. The van der Waals surface area contributed by atoms with Gasteiger partial charge in [0.05, 0.1) is 5.69 Å². The number of fused-ring (bicyclic) bond motifs is 1. The van der Waals surface area contributed by atoms with Gasteiger partial charge < -0.3 is 10.6 Å². The number of thiazole rings is 1. The summed E-state index contributed by atoms with van der Waals surface area (Å²) in [6.07, 6.45) is 5.32. The zero-order chi connectivity index (χ0) is 11.4. The molecule has 4 heteroatoms. The van der Waals surface area contributed by atoms with Crippen LogP contribution in [0.1, 0.15) is 23.9 Å². The minimum Gasteiger partial charge on any atom is -0.358 e. The van der Waals surface area contributed by atoms with E-state index in [9.17, 15) is 0 Å². The Morgan fingerprint density at radius 3 is 3.25 bits per heavy atom. The van der Waals surface area contributed by atoms with Gasteiger partial charge in [-0.1, -0.05) is 13.0 Å². The van der Waals surface area contributed by atoms with Gasteiger partial charge in [0.2, 0.25) is 0 Å². The maximum atomic E-state index is 4.61. The summed E-state index contributed by atoms with van der Waals surface area (Å²) in [5.74, 6) is 0. The summed E-state index contributed by atoms with van der Waals surface area (Å²) >= 11 is 1.79. The van der Waals surface area contributed by atoms with Gasteiger partial charge in [-0.15, -0.1) is 17.9 Å². The van der Waals surface area contributed by atoms with Crippen LogP contribution >= 0.6 is 11.3 Å². The molecule has 0 fully saturated rings. The summed E-state index contributed by atoms with van der Waals surface area (Å²) in [7, 11) is 0. The van der Waals surface area contributed by atoms with E-state index >= 15 is 0 Å². The van der Waals surface area contributed by atoms with Gasteiger partial charge in [0.25, 0.3) is 0 Å². The summed E-state index contributed by atoms with van der Waals surface area (Å²) in [6, 6.07) is 0.644. The molecule has 1 aliphatic carbocycles. The third-order valence-corrected chi connectivity index (χ3v) is 3.91. The minimum atomic E-state index is 0.644. The van der Waals surface area contributed by atoms with E-state index in [1.807, 2.05) is 6.08 Å². The lowest BCUT2D eigenvalue weighted by atomic mass is 9.98. The standard InChI is InChI=1S/C12H19N3S/c1-3-7-14-12-15-10-6-5-9(13-4-2)8-11(10)16-12/h3,9,13H,1,4-8H2,2H3,(H,14,15). The highest BCUT2D eigenvalue weighted by molar-refractivity contribution is 7.15. The first-order chi connectivity index (χ1) is 7.83. The molecule has 0 aliphatic heterocycles. The van der Waals surface area contributed by atoms with Crippen LogP contribution in [0, 0.1) is 0 Å². The molecule has 88 valence electrons. The molecule has 1 atom stereocenters. The minimum absolute atomic E-state index is 0.644. The highest BCUT2D eigenvalue weighted by Crippen LogP contribution is 2.29. The number of aromatic nitrogens is 1. The van der Waals surface area contributed by atoms with Crippen LogP contribution in [0.2, 0.25) is 0 Å². The average molecular weight is 237 g/mol. The van der Waals surface area contributed by atoms with Crippen molar-refractivity contribution in [1.29, 1.82) is 0 Å². The van der Waals surface area contributed by atoms with Gasteiger partial charge in [0, 0.05) is 17.5 Å². The molecule has 0 spiro atoms. The van der Waals surface area contributed by atoms with Crippen molar-refractivity contribution in [1.82, 2.24) is 10.3 Å². The summed E-state index contributed by atoms with van der Waals surface area (Å²) in [5.41, 5.74) is 1.30. The van der Waals surface area contributed by atoms with Crippen molar-refractivity contribution in [3.8, 4) is 0 Å². The van der Waals surface area contributed by atoms with Gasteiger partial charge in [-0.3, -0.25) is 0 Å². The van der Waals surface area contributed by atoms with Gasteiger partial charge in [-0.05, 0) is 25.8 Å². The van der Waals surface area contributed by atoms with Crippen molar-refractivity contribution in [2.45, 2.75) is 32.2 Å². The van der Waals surface area contributed by atoms with Crippen molar-refractivity contribution in [2.75, 3.05) is 18.4 Å². The number of aryl methyl sites for hydroxylation is 1. The first-order valence-electron chi connectivity index (χ1n) is 5.90. The summed E-state index contributed by atoms with van der Waals surface area (Å²) in [5, 5.41) is 7.83. The molecular weight excluding hydrogens is 218 g/mol. The second kappa shape index (κ2) is 5.46. The van der Waals surface area contributed by atoms with E-state index in [4.69, 9.17) is 0 Å². The molecule has 1 aromatic rings. The number of hydrogen-bond donors (Lipinski definition) is 2. The molecule has 16 heavy (non-hydrogen) atoms. The predicted molar refractivity (Wildman–Crippen MR) is 70.3 cm³/mol. The van der Waals surface area contributed by atoms with Crippen LogP contribution in [-0.4, -0.2) is 24.1 Å². The predicted octanol–water partition coefficient (Wildman–Crippen LogP) is 2.21. The Labute approximate surface area is 101 Å². The topological polar surface area (TPSA) is 37.0 Å². The fourth-order valence-electron chi connectivity index (χ4n) is 2.07. The Bertz CT molecular complexity index is 359. The Hall–Kier alpha value is -0.870. The number of anilines is 1. The molecule has 1 aliphatic rings. The molecule has 1 unspecified atom stereocenters. The third kappa shape index (κ3) is 2.62. The SMILES string of the molecule is C=CCNc1nc2c(s1)CC(NCC)CC2. The maximum absolute atomic E-state index is 4.61. The number of nitrogens with one attached hydrogen (secondary N) is 2. The molecule has 0 aromatic carbocycles. The van der Waals surface area contributed by atoms with Gasteiger partial charge in [-0.2, -0.15) is 0 Å². The molecule has 0 saturated heterocycles. The van der Waals surface area contributed by atoms with Crippen LogP contribution in [0.3, 0.4) is 0 Å². The molecule has 1 heterocycles. The van der Waals surface area contributed by atoms with E-state index in [1.165, 1.54) is 17.0 Å². The Morgan fingerprint density at radius 1 is 1.62 bits per heavy atom. The quantitative estimate of drug-likeness (QED) is 0.771. The average Bonchev–Trinajstić information content (AvgIpc) is 2.68. The molecule has 0 radical (unpaired) electrons. The first-order valence-corrected chi connectivity index (χ1v) is 6.71. The molecule has 3 nitrogen and oxygen atoms in total. The Balaban J connectivity index is 2.01. The zero-order valence-electron chi connectivity index (χ0n) is 9.75. The summed E-state index contributed by atoms with van der Waals surface area (Å²) < 4.78 is 0. The van der Waals surface area contributed by atoms with Crippen molar-refractivity contribution in [2.24, 2.45) is 0 Å². The van der Waals surface area contributed by atoms with E-state index < -0.39 is 0 Å². The number of nitrogens with zero attached hydrogens (tertiary/aromatic N) is 1. The van der Waals surface area contributed by atoms with Gasteiger partial charge in [-0.25, -0.2) is 4.98 Å². The second-order valence-electron chi connectivity index (χ2n) is 4.06. The Kier molecular flexibility index (Phi) is 3.96. The molecule has 0 saturated carbocycles. The fraction of sp³-hybridized carbons (Fsp3) is 0.583. The van der Waals surface area contributed by atoms with Crippen LogP contribution in [0.25, 0.3) is 0 Å². The van der Waals surface area contributed by atoms with E-state index in [0.717, 1.165) is 31.1 Å². The highest BCUT2D eigenvalue weighted by Gasteiger charge is 2.21. The van der Waals surface area contributed by atoms with Gasteiger partial charge >= 0.3 is 0 Å². The van der Waals surface area contributed by atoms with Crippen LogP contribution in [0.4, 0.5) is 5.13 Å². The highest BCUT2D eigenvalue weighted by atomic mass is 32.1. The molecule has 2 N–H and O–H groups in total. The van der Waals surface area contributed by atoms with Crippen LogP contribution in [0.15, 0.2) is 12.7 Å². The molecule has 0 amide bonds. The van der Waals surface area contributed by atoms with Crippen molar-refractivity contribution < 1.29 is 0 Å². The van der Waals surface area contributed by atoms with Crippen molar-refractivity contribution >= 4 is 16.5 Å². The van der Waals surface area contributed by atoms with Crippen molar-refractivity contribution in [3.05, 3.63) is 23.2 Å². The second-order valence-corrected chi connectivity index (χ2v) is 5.14. The lowest BCUT2D eigenvalue weighted by Crippen LogP contribution is -2.33. The fourth-order valence-corrected chi connectivity index (χ4v) is 3.17. The zero-order valence-corrected chi connectivity index (χ0v) is 10.6. The lowest BCUT2D eigenvalue weighted by Gasteiger charge is -2.21. The number of rotatable bonds is 5.